The summed E-state index contributed by atoms with van der Waals surface area (Å²) in [7, 11) is 2.10. The van der Waals surface area contributed by atoms with E-state index >= 15 is 0 Å². The van der Waals surface area contributed by atoms with Crippen molar-refractivity contribution in [1.82, 2.24) is 5.32 Å². The molecule has 1 aromatic heterocycles. The molecule has 1 N–H and O–H groups in total. The van der Waals surface area contributed by atoms with Gasteiger partial charge < -0.3 is 14.8 Å². The Morgan fingerprint density at radius 2 is 2.05 bits per heavy atom. The highest BCUT2D eigenvalue weighted by atomic mass is 32.1. The Kier molecular flexibility index (Phi) is 4.69. The molecule has 1 aromatic rings. The Bertz CT molecular complexity index is 454. The molecule has 0 bridgehead atoms. The van der Waals surface area contributed by atoms with Crippen LogP contribution in [0.4, 0.5) is 0 Å². The lowest BCUT2D eigenvalue weighted by Crippen LogP contribution is -2.46. The van der Waals surface area contributed by atoms with Crippen LogP contribution in [0, 0.1) is 19.8 Å². The highest BCUT2D eigenvalue weighted by Gasteiger charge is 2.41. The molecule has 21 heavy (non-hydrogen) atoms. The molecule has 2 fully saturated rings. The molecule has 0 saturated carbocycles. The minimum absolute atomic E-state index is 0.0810. The SMILES string of the molecule is CNC(c1cc(C)c(C)s1)C1CCOC2(CCOCC2)C1. The van der Waals surface area contributed by atoms with Crippen molar-refractivity contribution >= 4 is 11.3 Å². The van der Waals surface area contributed by atoms with E-state index in [1.807, 2.05) is 11.3 Å². The maximum atomic E-state index is 6.19. The molecule has 3 rings (SSSR count). The van der Waals surface area contributed by atoms with E-state index in [9.17, 15) is 0 Å². The first-order valence-corrected chi connectivity index (χ1v) is 8.91. The van der Waals surface area contributed by atoms with Gasteiger partial charge in [0.2, 0.25) is 0 Å². The van der Waals surface area contributed by atoms with Crippen LogP contribution in [0.5, 0.6) is 0 Å². The van der Waals surface area contributed by atoms with Crippen LogP contribution in [0.1, 0.15) is 47.0 Å². The molecule has 0 aromatic carbocycles. The van der Waals surface area contributed by atoms with Gasteiger partial charge in [-0.05, 0) is 64.1 Å². The van der Waals surface area contributed by atoms with Gasteiger partial charge in [-0.1, -0.05) is 0 Å². The van der Waals surface area contributed by atoms with Gasteiger partial charge in [-0.2, -0.15) is 0 Å². The molecular weight excluding hydrogens is 282 g/mol. The van der Waals surface area contributed by atoms with E-state index in [1.54, 1.807) is 0 Å². The van der Waals surface area contributed by atoms with Crippen LogP contribution >= 0.6 is 11.3 Å². The molecule has 3 nitrogen and oxygen atoms in total. The number of thiophene rings is 1. The average molecular weight is 309 g/mol. The maximum Gasteiger partial charge on any atom is 0.0729 e. The van der Waals surface area contributed by atoms with Crippen LogP contribution < -0.4 is 5.32 Å². The predicted molar refractivity (Wildman–Crippen MR) is 87.1 cm³/mol. The summed E-state index contributed by atoms with van der Waals surface area (Å²) in [6.45, 7) is 7.04. The molecule has 118 valence electrons. The van der Waals surface area contributed by atoms with Crippen LogP contribution in [-0.2, 0) is 9.47 Å². The van der Waals surface area contributed by atoms with Crippen molar-refractivity contribution in [1.29, 1.82) is 0 Å². The third-order valence-electron chi connectivity index (χ3n) is 5.21. The summed E-state index contributed by atoms with van der Waals surface area (Å²) >= 11 is 1.95. The molecule has 3 heterocycles. The molecule has 0 aliphatic carbocycles. The van der Waals surface area contributed by atoms with E-state index in [0.29, 0.717) is 12.0 Å². The summed E-state index contributed by atoms with van der Waals surface area (Å²) in [6.07, 6.45) is 4.44. The Hall–Kier alpha value is -0.420. The van der Waals surface area contributed by atoms with Gasteiger partial charge in [0.1, 0.15) is 0 Å². The largest absolute Gasteiger partial charge is 0.381 e. The van der Waals surface area contributed by atoms with Crippen molar-refractivity contribution in [2.24, 2.45) is 5.92 Å². The normalized spacial score (nSPS) is 26.9. The summed E-state index contributed by atoms with van der Waals surface area (Å²) in [6, 6.07) is 2.83. The molecule has 0 radical (unpaired) electrons. The number of hydrogen-bond acceptors (Lipinski definition) is 4. The zero-order chi connectivity index (χ0) is 14.9. The van der Waals surface area contributed by atoms with Crippen LogP contribution in [0.3, 0.4) is 0 Å². The molecular formula is C17H27NO2S. The van der Waals surface area contributed by atoms with E-state index in [0.717, 1.165) is 45.5 Å². The molecule has 1 spiro atoms. The van der Waals surface area contributed by atoms with Gasteiger partial charge in [0, 0.05) is 35.6 Å². The van der Waals surface area contributed by atoms with Crippen molar-refractivity contribution in [3.05, 3.63) is 21.4 Å². The highest BCUT2D eigenvalue weighted by Crippen LogP contribution is 2.43. The topological polar surface area (TPSA) is 30.5 Å². The molecule has 2 saturated heterocycles. The lowest BCUT2D eigenvalue weighted by Gasteiger charge is -2.45. The van der Waals surface area contributed by atoms with Crippen molar-refractivity contribution in [2.75, 3.05) is 26.9 Å². The van der Waals surface area contributed by atoms with Gasteiger partial charge in [-0.3, -0.25) is 0 Å². The fourth-order valence-corrected chi connectivity index (χ4v) is 5.05. The lowest BCUT2D eigenvalue weighted by molar-refractivity contribution is -0.150. The standard InChI is InChI=1S/C17H27NO2S/c1-12-10-15(21-13(12)2)16(18-3)14-4-7-20-17(11-14)5-8-19-9-6-17/h10,14,16,18H,4-9,11H2,1-3H3. The van der Waals surface area contributed by atoms with Crippen LogP contribution in [0.15, 0.2) is 6.07 Å². The molecule has 4 heteroatoms. The zero-order valence-electron chi connectivity index (χ0n) is 13.4. The van der Waals surface area contributed by atoms with Crippen molar-refractivity contribution in [2.45, 2.75) is 51.2 Å². The van der Waals surface area contributed by atoms with Crippen molar-refractivity contribution in [3.63, 3.8) is 0 Å². The summed E-state index contributed by atoms with van der Waals surface area (Å²) in [5.74, 6) is 0.666. The van der Waals surface area contributed by atoms with Gasteiger partial charge in [-0.15, -0.1) is 11.3 Å². The minimum atomic E-state index is 0.0810. The first kappa shape index (κ1) is 15.5. The fourth-order valence-electron chi connectivity index (χ4n) is 3.81. The molecule has 0 amide bonds. The number of ether oxygens (including phenoxy) is 2. The summed E-state index contributed by atoms with van der Waals surface area (Å²) in [5, 5.41) is 3.57. The number of rotatable bonds is 3. The third kappa shape index (κ3) is 3.19. The van der Waals surface area contributed by atoms with Crippen LogP contribution in [0.25, 0.3) is 0 Å². The van der Waals surface area contributed by atoms with E-state index < -0.39 is 0 Å². The van der Waals surface area contributed by atoms with Gasteiger partial charge in [-0.25, -0.2) is 0 Å². The molecule has 2 aliphatic rings. The smallest absolute Gasteiger partial charge is 0.0729 e. The predicted octanol–water partition coefficient (Wildman–Crippen LogP) is 3.60. The highest BCUT2D eigenvalue weighted by molar-refractivity contribution is 7.12. The molecule has 2 unspecified atom stereocenters. The number of aryl methyl sites for hydroxylation is 2. The van der Waals surface area contributed by atoms with E-state index in [2.05, 4.69) is 32.3 Å². The minimum Gasteiger partial charge on any atom is -0.381 e. The summed E-state index contributed by atoms with van der Waals surface area (Å²) in [5.41, 5.74) is 1.50. The molecule has 2 aliphatic heterocycles. The van der Waals surface area contributed by atoms with E-state index in [1.165, 1.54) is 15.3 Å². The second-order valence-electron chi connectivity index (χ2n) is 6.55. The lowest BCUT2D eigenvalue weighted by atomic mass is 9.77. The Balaban J connectivity index is 1.77. The maximum absolute atomic E-state index is 6.19. The van der Waals surface area contributed by atoms with Crippen molar-refractivity contribution < 1.29 is 9.47 Å². The third-order valence-corrected chi connectivity index (χ3v) is 6.44. The van der Waals surface area contributed by atoms with E-state index in [4.69, 9.17) is 9.47 Å². The number of nitrogens with one attached hydrogen (secondary N) is 1. The second-order valence-corrected chi connectivity index (χ2v) is 7.84. The van der Waals surface area contributed by atoms with Crippen molar-refractivity contribution in [3.8, 4) is 0 Å². The number of hydrogen-bond donors (Lipinski definition) is 1. The fraction of sp³-hybridized carbons (Fsp3) is 0.765. The molecule has 2 atom stereocenters. The summed E-state index contributed by atoms with van der Waals surface area (Å²) in [4.78, 5) is 2.93. The first-order chi connectivity index (χ1) is 10.1. The van der Waals surface area contributed by atoms with Crippen LogP contribution in [-0.4, -0.2) is 32.5 Å². The van der Waals surface area contributed by atoms with Gasteiger partial charge in [0.05, 0.1) is 5.60 Å². The zero-order valence-corrected chi connectivity index (χ0v) is 14.2. The second kappa shape index (κ2) is 6.37. The Morgan fingerprint density at radius 3 is 2.67 bits per heavy atom. The van der Waals surface area contributed by atoms with E-state index in [-0.39, 0.29) is 5.60 Å². The Morgan fingerprint density at radius 1 is 1.29 bits per heavy atom. The Labute approximate surface area is 132 Å². The average Bonchev–Trinajstić information content (AvgIpc) is 2.80. The van der Waals surface area contributed by atoms with Gasteiger partial charge >= 0.3 is 0 Å². The van der Waals surface area contributed by atoms with Crippen LogP contribution in [0.2, 0.25) is 0 Å². The first-order valence-electron chi connectivity index (χ1n) is 8.09. The van der Waals surface area contributed by atoms with Gasteiger partial charge in [0.25, 0.3) is 0 Å². The summed E-state index contributed by atoms with van der Waals surface area (Å²) < 4.78 is 11.7. The van der Waals surface area contributed by atoms with Gasteiger partial charge in [0.15, 0.2) is 0 Å². The quantitative estimate of drug-likeness (QED) is 0.925. The monoisotopic (exact) mass is 309 g/mol.